The summed E-state index contributed by atoms with van der Waals surface area (Å²) < 4.78 is 0. The first kappa shape index (κ1) is 15.6. The number of nitrogens with zero attached hydrogens (tertiary/aromatic N) is 2. The minimum absolute atomic E-state index is 0.0261. The summed E-state index contributed by atoms with van der Waals surface area (Å²) in [5.74, 6) is 0. The second kappa shape index (κ2) is 6.78. The second-order valence-corrected chi connectivity index (χ2v) is 5.95. The molecule has 0 aliphatic heterocycles. The molecule has 2 unspecified atom stereocenters. The Morgan fingerprint density at radius 3 is 2.81 bits per heavy atom. The molecule has 6 heteroatoms. The van der Waals surface area contributed by atoms with E-state index in [9.17, 15) is 10.1 Å². The van der Waals surface area contributed by atoms with E-state index in [4.69, 9.17) is 0 Å². The van der Waals surface area contributed by atoms with Crippen LogP contribution >= 0.6 is 11.3 Å². The molecule has 112 valence electrons. The molecule has 2 aromatic rings. The molecule has 2 rings (SSSR count). The van der Waals surface area contributed by atoms with Crippen LogP contribution in [0.2, 0.25) is 0 Å². The second-order valence-electron chi connectivity index (χ2n) is 5.02. The van der Waals surface area contributed by atoms with Gasteiger partial charge in [-0.05, 0) is 25.8 Å². The molecule has 0 fully saturated rings. The number of nitro groups is 1. The Morgan fingerprint density at radius 1 is 1.48 bits per heavy atom. The maximum Gasteiger partial charge on any atom is 0.272 e. The zero-order chi connectivity index (χ0) is 15.4. The van der Waals surface area contributed by atoms with Gasteiger partial charge in [0, 0.05) is 29.2 Å². The average Bonchev–Trinajstić information content (AvgIpc) is 2.98. The van der Waals surface area contributed by atoms with Crippen molar-refractivity contribution < 1.29 is 4.92 Å². The van der Waals surface area contributed by atoms with Crippen LogP contribution in [-0.4, -0.2) is 9.91 Å². The molecule has 0 amide bonds. The Kier molecular flexibility index (Phi) is 5.03. The van der Waals surface area contributed by atoms with Crippen LogP contribution in [0, 0.1) is 17.0 Å². The van der Waals surface area contributed by atoms with Crippen LogP contribution in [0.3, 0.4) is 0 Å². The van der Waals surface area contributed by atoms with Crippen LogP contribution in [0.5, 0.6) is 0 Å². The van der Waals surface area contributed by atoms with E-state index in [1.165, 1.54) is 0 Å². The van der Waals surface area contributed by atoms with E-state index in [-0.39, 0.29) is 22.7 Å². The highest BCUT2D eigenvalue weighted by Gasteiger charge is 2.18. The smallest absolute Gasteiger partial charge is 0.272 e. The van der Waals surface area contributed by atoms with Crippen LogP contribution in [0.1, 0.15) is 48.5 Å². The quantitative estimate of drug-likeness (QED) is 0.642. The maximum atomic E-state index is 11.0. The topological polar surface area (TPSA) is 68.1 Å². The summed E-state index contributed by atoms with van der Waals surface area (Å²) in [7, 11) is 0. The van der Waals surface area contributed by atoms with Crippen molar-refractivity contribution in [2.24, 2.45) is 0 Å². The summed E-state index contributed by atoms with van der Waals surface area (Å²) in [5, 5.41) is 17.5. The van der Waals surface area contributed by atoms with Gasteiger partial charge in [-0.1, -0.05) is 19.1 Å². The van der Waals surface area contributed by atoms with Gasteiger partial charge in [0.25, 0.3) is 5.69 Å². The minimum atomic E-state index is -0.330. The zero-order valence-corrected chi connectivity index (χ0v) is 13.2. The van der Waals surface area contributed by atoms with Gasteiger partial charge in [0.05, 0.1) is 11.0 Å². The predicted octanol–water partition coefficient (Wildman–Crippen LogP) is 4.16. The Labute approximate surface area is 128 Å². The first-order valence-corrected chi connectivity index (χ1v) is 7.81. The number of hydrogen-bond acceptors (Lipinski definition) is 5. The molecule has 0 saturated heterocycles. The van der Waals surface area contributed by atoms with Gasteiger partial charge >= 0.3 is 0 Å². The molecule has 2 atom stereocenters. The van der Waals surface area contributed by atoms with Gasteiger partial charge in [0.15, 0.2) is 0 Å². The number of thiazole rings is 1. The van der Waals surface area contributed by atoms with Crippen molar-refractivity contribution in [3.63, 3.8) is 0 Å². The van der Waals surface area contributed by atoms with Gasteiger partial charge < -0.3 is 5.32 Å². The Hall–Kier alpha value is -1.79. The summed E-state index contributed by atoms with van der Waals surface area (Å²) >= 11 is 1.62. The van der Waals surface area contributed by atoms with E-state index in [0.29, 0.717) is 5.56 Å². The van der Waals surface area contributed by atoms with Crippen molar-refractivity contribution in [3.05, 3.63) is 56.0 Å². The molecule has 0 radical (unpaired) electrons. The van der Waals surface area contributed by atoms with E-state index in [1.807, 2.05) is 18.4 Å². The maximum absolute atomic E-state index is 11.0. The fraction of sp³-hybridized carbons (Fsp3) is 0.400. The van der Waals surface area contributed by atoms with E-state index < -0.39 is 0 Å². The predicted molar refractivity (Wildman–Crippen MR) is 84.5 cm³/mol. The van der Waals surface area contributed by atoms with Crippen molar-refractivity contribution in [3.8, 4) is 0 Å². The molecule has 0 spiro atoms. The van der Waals surface area contributed by atoms with Crippen LogP contribution in [0.25, 0.3) is 0 Å². The van der Waals surface area contributed by atoms with E-state index in [1.54, 1.807) is 36.6 Å². The highest BCUT2D eigenvalue weighted by molar-refractivity contribution is 7.09. The molecule has 0 bridgehead atoms. The van der Waals surface area contributed by atoms with Crippen molar-refractivity contribution >= 4 is 17.0 Å². The third-order valence-corrected chi connectivity index (χ3v) is 4.43. The van der Waals surface area contributed by atoms with Gasteiger partial charge in [0.1, 0.15) is 5.01 Å². The number of rotatable bonds is 6. The third-order valence-electron chi connectivity index (χ3n) is 3.54. The monoisotopic (exact) mass is 305 g/mol. The molecule has 1 heterocycles. The van der Waals surface area contributed by atoms with Gasteiger partial charge in [0.2, 0.25) is 0 Å². The van der Waals surface area contributed by atoms with E-state index in [2.05, 4.69) is 17.2 Å². The van der Waals surface area contributed by atoms with Crippen molar-refractivity contribution in [1.82, 2.24) is 10.3 Å². The number of benzene rings is 1. The lowest BCUT2D eigenvalue weighted by molar-refractivity contribution is -0.385. The van der Waals surface area contributed by atoms with Gasteiger partial charge in [-0.15, -0.1) is 11.3 Å². The van der Waals surface area contributed by atoms with Gasteiger partial charge in [-0.25, -0.2) is 4.98 Å². The van der Waals surface area contributed by atoms with Crippen LogP contribution in [-0.2, 0) is 0 Å². The number of aryl methyl sites for hydroxylation is 1. The summed E-state index contributed by atoms with van der Waals surface area (Å²) in [6.07, 6.45) is 2.72. The average molecular weight is 305 g/mol. The van der Waals surface area contributed by atoms with Crippen molar-refractivity contribution in [1.29, 1.82) is 0 Å². The highest BCUT2D eigenvalue weighted by atomic mass is 32.1. The molecule has 0 aliphatic carbocycles. The lowest BCUT2D eigenvalue weighted by atomic mass is 10.0. The number of hydrogen-bond donors (Lipinski definition) is 1. The van der Waals surface area contributed by atoms with E-state index in [0.717, 1.165) is 17.0 Å². The number of nitro benzene ring substituents is 1. The molecule has 0 saturated carbocycles. The fourth-order valence-corrected chi connectivity index (χ4v) is 3.04. The molecular weight excluding hydrogens is 286 g/mol. The van der Waals surface area contributed by atoms with Crippen molar-refractivity contribution in [2.45, 2.75) is 39.3 Å². The normalized spacial score (nSPS) is 13.9. The first-order chi connectivity index (χ1) is 10.0. The molecule has 0 aliphatic rings. The highest BCUT2D eigenvalue weighted by Crippen LogP contribution is 2.27. The van der Waals surface area contributed by atoms with Gasteiger partial charge in [-0.2, -0.15) is 0 Å². The van der Waals surface area contributed by atoms with Crippen LogP contribution in [0.4, 0.5) is 5.69 Å². The molecule has 1 aromatic carbocycles. The van der Waals surface area contributed by atoms with Crippen LogP contribution in [0.15, 0.2) is 29.8 Å². The first-order valence-electron chi connectivity index (χ1n) is 6.93. The largest absolute Gasteiger partial charge is 0.301 e. The fourth-order valence-electron chi connectivity index (χ4n) is 2.26. The summed E-state index contributed by atoms with van der Waals surface area (Å²) in [5.41, 5.74) is 1.77. The zero-order valence-electron chi connectivity index (χ0n) is 12.4. The summed E-state index contributed by atoms with van der Waals surface area (Å²) in [6, 6.07) is 5.59. The number of aromatic nitrogens is 1. The molecule has 21 heavy (non-hydrogen) atoms. The van der Waals surface area contributed by atoms with E-state index >= 15 is 0 Å². The lowest BCUT2D eigenvalue weighted by Gasteiger charge is -2.21. The molecule has 1 aromatic heterocycles. The Bertz CT molecular complexity index is 613. The minimum Gasteiger partial charge on any atom is -0.301 e. The number of nitrogens with one attached hydrogen (secondary N) is 1. The van der Waals surface area contributed by atoms with Crippen molar-refractivity contribution in [2.75, 3.05) is 0 Å². The van der Waals surface area contributed by atoms with Gasteiger partial charge in [-0.3, -0.25) is 10.1 Å². The molecule has 5 nitrogen and oxygen atoms in total. The third kappa shape index (κ3) is 3.65. The Balaban J connectivity index is 2.18. The molecule has 1 N–H and O–H groups in total. The molecular formula is C15H19N3O2S. The summed E-state index contributed by atoms with van der Waals surface area (Å²) in [6.45, 7) is 5.87. The standard InChI is InChI=1S/C15H19N3O2S/c1-4-13(15-16-7-8-21-15)17-11(3)12-6-5-10(2)14(9-12)18(19)20/h5-9,11,13,17H,4H2,1-3H3. The lowest BCUT2D eigenvalue weighted by Crippen LogP contribution is -2.24. The Morgan fingerprint density at radius 2 is 2.24 bits per heavy atom. The summed E-state index contributed by atoms with van der Waals surface area (Å²) in [4.78, 5) is 15.1. The van der Waals surface area contributed by atoms with Crippen LogP contribution < -0.4 is 5.32 Å². The SMILES string of the molecule is CCC(NC(C)c1ccc(C)c([N+](=O)[O-])c1)c1nccs1.